The van der Waals surface area contributed by atoms with Crippen LogP contribution in [0.1, 0.15) is 118 Å². The molecule has 0 aromatic heterocycles. The molecule has 27 heteroatoms. The molecule has 4 N–H and O–H groups in total. The second kappa shape index (κ2) is 31.7. The molecule has 5 aliphatic heterocycles. The first-order valence-corrected chi connectivity index (χ1v) is 30.8. The van der Waals surface area contributed by atoms with Crippen molar-refractivity contribution in [2.75, 3.05) is 96.5 Å². The number of nitrogens with one attached hydrogen (secondary N) is 2. The fourth-order valence-corrected chi connectivity index (χ4v) is 10.7. The van der Waals surface area contributed by atoms with E-state index in [2.05, 4.69) is 22.5 Å². The van der Waals surface area contributed by atoms with Gasteiger partial charge in [-0.1, -0.05) is 23.0 Å². The number of hydrogen-bond acceptors (Lipinski definition) is 20. The SMILES string of the molecule is COc1cc2c(cc1OCc1cc(C#CCNC(=O)CCOCCOCCOCCOCCNC(=O)CCN3C(=O)C=CC3=O)cc(COc3cc4c(cc3OC)C(=O)N3C=C(C)C[C@H]3[C@H](O)N4C(=O)OC(C)(C)C)c1)N(C(=O)OC(C)(C)C)[C@@H](O)[C@@H]1CC(C)=CN1C2=O. The van der Waals surface area contributed by atoms with Crippen LogP contribution in [0.2, 0.25) is 0 Å². The molecule has 8 rings (SSSR count). The largest absolute Gasteiger partial charge is 0.493 e. The van der Waals surface area contributed by atoms with E-state index in [1.165, 1.54) is 60.4 Å². The van der Waals surface area contributed by atoms with E-state index < -0.39 is 71.6 Å². The van der Waals surface area contributed by atoms with E-state index in [-0.39, 0.29) is 129 Å². The quantitative estimate of drug-likeness (QED) is 0.0410. The van der Waals surface area contributed by atoms with E-state index in [0.29, 0.717) is 56.0 Å². The van der Waals surface area contributed by atoms with Gasteiger partial charge in [-0.2, -0.15) is 0 Å². The highest BCUT2D eigenvalue weighted by Crippen LogP contribution is 2.45. The van der Waals surface area contributed by atoms with E-state index in [1.807, 2.05) is 13.8 Å². The van der Waals surface area contributed by atoms with Gasteiger partial charge in [-0.15, -0.1) is 0 Å². The highest BCUT2D eigenvalue weighted by molar-refractivity contribution is 6.13. The van der Waals surface area contributed by atoms with Gasteiger partial charge in [0.2, 0.25) is 11.8 Å². The van der Waals surface area contributed by atoms with Crippen molar-refractivity contribution >= 4 is 59.0 Å². The van der Waals surface area contributed by atoms with Crippen LogP contribution in [0.3, 0.4) is 0 Å². The molecule has 27 nitrogen and oxygen atoms in total. The van der Waals surface area contributed by atoms with E-state index in [9.17, 15) is 48.6 Å². The van der Waals surface area contributed by atoms with Crippen LogP contribution in [0.25, 0.3) is 0 Å². The number of carbonyl (C=O) groups excluding carboxylic acids is 8. The third-order valence-corrected chi connectivity index (χ3v) is 15.0. The molecule has 0 aliphatic carbocycles. The molecule has 5 heterocycles. The average molecular weight is 1310 g/mol. The number of carbonyl (C=O) groups is 8. The van der Waals surface area contributed by atoms with Gasteiger partial charge in [0.1, 0.15) is 24.4 Å². The molecule has 3 aromatic carbocycles. The van der Waals surface area contributed by atoms with Crippen molar-refractivity contribution in [2.24, 2.45) is 0 Å². The van der Waals surface area contributed by atoms with Gasteiger partial charge in [-0.05, 0) is 110 Å². The number of amides is 8. The number of fused-ring (bicyclic) bond motifs is 4. The van der Waals surface area contributed by atoms with Crippen LogP contribution in [0, 0.1) is 11.8 Å². The number of anilines is 2. The molecule has 506 valence electrons. The Hall–Kier alpha value is -9.04. The molecular formula is C67H83N7O20. The molecule has 0 fully saturated rings. The number of aliphatic hydroxyl groups excluding tert-OH is 2. The van der Waals surface area contributed by atoms with Crippen LogP contribution in [0.15, 0.2) is 78.2 Å². The van der Waals surface area contributed by atoms with E-state index in [0.717, 1.165) is 25.8 Å². The number of hydrogen-bond donors (Lipinski definition) is 4. The van der Waals surface area contributed by atoms with Crippen LogP contribution in [-0.2, 0) is 60.8 Å². The summed E-state index contributed by atoms with van der Waals surface area (Å²) in [5, 5.41) is 29.2. The Morgan fingerprint density at radius 3 is 1.45 bits per heavy atom. The maximum Gasteiger partial charge on any atom is 0.417 e. The summed E-state index contributed by atoms with van der Waals surface area (Å²) in [5.41, 5.74) is 1.49. The van der Waals surface area contributed by atoms with Crippen molar-refractivity contribution in [3.05, 3.63) is 106 Å². The molecular weight excluding hydrogens is 1220 g/mol. The number of imide groups is 1. The average Bonchev–Trinajstić information content (AvgIpc) is 1.58. The van der Waals surface area contributed by atoms with Gasteiger partial charge in [0, 0.05) is 68.2 Å². The second-order valence-electron chi connectivity index (χ2n) is 24.6. The Balaban J connectivity index is 0.910. The summed E-state index contributed by atoms with van der Waals surface area (Å²) in [5.74, 6) is 4.19. The molecule has 0 saturated carbocycles. The summed E-state index contributed by atoms with van der Waals surface area (Å²) in [6.45, 7) is 15.9. The lowest BCUT2D eigenvalue weighted by atomic mass is 10.1. The van der Waals surface area contributed by atoms with Crippen molar-refractivity contribution in [3.63, 3.8) is 0 Å². The molecule has 0 radical (unpaired) electrons. The fourth-order valence-electron chi connectivity index (χ4n) is 10.7. The fraction of sp³-hybridized carbons (Fsp3) is 0.493. The first kappa shape index (κ1) is 70.8. The van der Waals surface area contributed by atoms with Crippen LogP contribution >= 0.6 is 0 Å². The molecule has 0 unspecified atom stereocenters. The topological polar surface area (TPSA) is 310 Å². The predicted octanol–water partition coefficient (Wildman–Crippen LogP) is 5.60. The first-order valence-electron chi connectivity index (χ1n) is 30.8. The highest BCUT2D eigenvalue weighted by Gasteiger charge is 2.47. The lowest BCUT2D eigenvalue weighted by Crippen LogP contribution is -2.51. The van der Waals surface area contributed by atoms with Crippen molar-refractivity contribution < 1.29 is 95.9 Å². The highest BCUT2D eigenvalue weighted by atomic mass is 16.6. The number of aliphatic hydroxyl groups is 2. The predicted molar refractivity (Wildman–Crippen MR) is 338 cm³/mol. The van der Waals surface area contributed by atoms with Crippen molar-refractivity contribution in [3.8, 4) is 34.8 Å². The minimum Gasteiger partial charge on any atom is -0.493 e. The summed E-state index contributed by atoms with van der Waals surface area (Å²) in [7, 11) is 2.81. The summed E-state index contributed by atoms with van der Waals surface area (Å²) < 4.78 is 58.2. The monoisotopic (exact) mass is 1310 g/mol. The summed E-state index contributed by atoms with van der Waals surface area (Å²) in [4.78, 5) is 111. The lowest BCUT2D eigenvalue weighted by molar-refractivity contribution is -0.137. The maximum atomic E-state index is 14.3. The Morgan fingerprint density at radius 1 is 0.564 bits per heavy atom. The summed E-state index contributed by atoms with van der Waals surface area (Å²) in [6.07, 6.45) is 1.51. The molecule has 94 heavy (non-hydrogen) atoms. The summed E-state index contributed by atoms with van der Waals surface area (Å²) in [6, 6.07) is 9.49. The van der Waals surface area contributed by atoms with Crippen LogP contribution in [0.4, 0.5) is 21.0 Å². The van der Waals surface area contributed by atoms with Gasteiger partial charge < -0.3 is 78.0 Å². The Labute approximate surface area is 545 Å². The van der Waals surface area contributed by atoms with Gasteiger partial charge in [0.15, 0.2) is 35.5 Å². The van der Waals surface area contributed by atoms with Crippen LogP contribution in [0.5, 0.6) is 23.0 Å². The number of nitrogens with zero attached hydrogens (tertiary/aromatic N) is 5. The zero-order chi connectivity index (χ0) is 68.0. The second-order valence-corrected chi connectivity index (χ2v) is 24.6. The molecule has 5 aliphatic rings. The van der Waals surface area contributed by atoms with E-state index in [1.54, 1.807) is 72.1 Å². The van der Waals surface area contributed by atoms with Crippen molar-refractivity contribution in [2.45, 2.75) is 130 Å². The Bertz CT molecular complexity index is 3320. The zero-order valence-corrected chi connectivity index (χ0v) is 54.7. The first-order chi connectivity index (χ1) is 44.7. The number of benzene rings is 3. The number of ether oxygens (including phenoxy) is 10. The minimum absolute atomic E-state index is 0.00233. The van der Waals surface area contributed by atoms with Crippen LogP contribution < -0.4 is 39.4 Å². The Kier molecular flexibility index (Phi) is 23.9. The minimum atomic E-state index is -1.51. The lowest BCUT2D eigenvalue weighted by Gasteiger charge is -2.33. The van der Waals surface area contributed by atoms with E-state index >= 15 is 0 Å². The molecule has 0 spiro atoms. The van der Waals surface area contributed by atoms with Gasteiger partial charge >= 0.3 is 12.2 Å². The van der Waals surface area contributed by atoms with Gasteiger partial charge in [-0.3, -0.25) is 33.7 Å². The smallest absolute Gasteiger partial charge is 0.417 e. The number of rotatable bonds is 27. The van der Waals surface area contributed by atoms with Gasteiger partial charge in [-0.25, -0.2) is 19.4 Å². The molecule has 3 aromatic rings. The van der Waals surface area contributed by atoms with Gasteiger partial charge in [0.05, 0.1) is 108 Å². The van der Waals surface area contributed by atoms with Crippen LogP contribution in [-0.4, -0.2) is 195 Å². The normalized spacial score (nSPS) is 18.2. The van der Waals surface area contributed by atoms with Gasteiger partial charge in [0.25, 0.3) is 23.6 Å². The molecule has 4 atom stereocenters. The van der Waals surface area contributed by atoms with E-state index in [4.69, 9.17) is 47.4 Å². The maximum absolute atomic E-state index is 14.3. The van der Waals surface area contributed by atoms with Crippen molar-refractivity contribution in [1.82, 2.24) is 25.3 Å². The molecule has 0 bridgehead atoms. The third kappa shape index (κ3) is 18.4. The molecule has 0 saturated heterocycles. The van der Waals surface area contributed by atoms with Crippen molar-refractivity contribution in [1.29, 1.82) is 0 Å². The molecule has 8 amide bonds. The summed E-state index contributed by atoms with van der Waals surface area (Å²) >= 11 is 0. The standard InChI is InChI=1S/C67H83N7O20/c1-41-28-50-62(81)73(64(83)93-66(3,4)5)48-35-54(52(85-9)33-46(48)60(79)71(50)37-41)91-39-44-30-43(12-11-17-68-57(76)16-20-87-22-24-89-26-27-90-25-23-88-21-18-69-56(75)15-19-70-58(77)13-14-59(70)78)31-45(32-44)40-92-55-36-49-47(34-53(55)86-10)61(80)72-38-42(2)29-51(72)63(82)74(49)65(84)94-67(6,7)8/h13-14,30-38,50-51,62-63,81-82H,15-29,39-40H2,1-10H3,(H,68,76)(H,69,75)/t50-,51-,62-,63-/m0/s1. The Morgan fingerprint density at radius 2 is 1.00 bits per heavy atom. The third-order valence-electron chi connectivity index (χ3n) is 15.0. The zero-order valence-electron chi connectivity index (χ0n) is 54.7. The number of methoxy groups -OCH3 is 2.